The van der Waals surface area contributed by atoms with Gasteiger partial charge in [-0.2, -0.15) is 0 Å². The van der Waals surface area contributed by atoms with Crippen LogP contribution in [-0.4, -0.2) is 24.8 Å². The maximum absolute atomic E-state index is 12.1. The van der Waals surface area contributed by atoms with E-state index in [2.05, 4.69) is 29.6 Å². The molecule has 0 spiro atoms. The Kier molecular flexibility index (Phi) is 7.69. The SMILES string of the molecule is COc1ccc(CCCNC(=O)C(C)SCc2ccccc2)cc1. The van der Waals surface area contributed by atoms with Gasteiger partial charge in [0, 0.05) is 12.3 Å². The Morgan fingerprint density at radius 1 is 1.08 bits per heavy atom. The summed E-state index contributed by atoms with van der Waals surface area (Å²) >= 11 is 1.67. The lowest BCUT2D eigenvalue weighted by atomic mass is 10.1. The van der Waals surface area contributed by atoms with Crippen molar-refractivity contribution in [1.82, 2.24) is 5.32 Å². The second kappa shape index (κ2) is 10.0. The monoisotopic (exact) mass is 343 g/mol. The molecule has 0 saturated heterocycles. The van der Waals surface area contributed by atoms with E-state index < -0.39 is 0 Å². The molecule has 2 rings (SSSR count). The molecule has 0 saturated carbocycles. The Bertz CT molecular complexity index is 613. The highest BCUT2D eigenvalue weighted by Crippen LogP contribution is 2.17. The van der Waals surface area contributed by atoms with Gasteiger partial charge in [0.25, 0.3) is 0 Å². The first-order chi connectivity index (χ1) is 11.7. The van der Waals surface area contributed by atoms with Gasteiger partial charge in [0.1, 0.15) is 5.75 Å². The molecule has 0 fully saturated rings. The first kappa shape index (κ1) is 18.4. The molecule has 2 aromatic rings. The van der Waals surface area contributed by atoms with Crippen LogP contribution >= 0.6 is 11.8 Å². The predicted molar refractivity (Wildman–Crippen MR) is 102 cm³/mol. The third-order valence-electron chi connectivity index (χ3n) is 3.81. The number of methoxy groups -OCH3 is 1. The number of nitrogens with one attached hydrogen (secondary N) is 1. The molecular weight excluding hydrogens is 318 g/mol. The molecule has 0 aliphatic heterocycles. The Morgan fingerprint density at radius 3 is 2.46 bits per heavy atom. The maximum Gasteiger partial charge on any atom is 0.232 e. The van der Waals surface area contributed by atoms with Gasteiger partial charge in [0.15, 0.2) is 0 Å². The van der Waals surface area contributed by atoms with Crippen LogP contribution in [0, 0.1) is 0 Å². The summed E-state index contributed by atoms with van der Waals surface area (Å²) in [5.41, 5.74) is 2.51. The van der Waals surface area contributed by atoms with Gasteiger partial charge in [0.2, 0.25) is 5.91 Å². The van der Waals surface area contributed by atoms with Gasteiger partial charge in [-0.15, -0.1) is 11.8 Å². The van der Waals surface area contributed by atoms with Gasteiger partial charge in [0.05, 0.1) is 12.4 Å². The second-order valence-electron chi connectivity index (χ2n) is 5.68. The average molecular weight is 343 g/mol. The molecule has 1 amide bonds. The minimum atomic E-state index is -0.0359. The van der Waals surface area contributed by atoms with E-state index in [4.69, 9.17) is 4.74 Å². The Balaban J connectivity index is 1.63. The van der Waals surface area contributed by atoms with E-state index >= 15 is 0 Å². The van der Waals surface area contributed by atoms with Crippen LogP contribution in [0.2, 0.25) is 0 Å². The van der Waals surface area contributed by atoms with Crippen molar-refractivity contribution in [2.45, 2.75) is 30.8 Å². The van der Waals surface area contributed by atoms with Crippen LogP contribution in [0.15, 0.2) is 54.6 Å². The minimum Gasteiger partial charge on any atom is -0.497 e. The van der Waals surface area contributed by atoms with E-state index in [9.17, 15) is 4.79 Å². The van der Waals surface area contributed by atoms with Crippen LogP contribution in [0.25, 0.3) is 0 Å². The molecule has 128 valence electrons. The van der Waals surface area contributed by atoms with Gasteiger partial charge in [-0.1, -0.05) is 42.5 Å². The van der Waals surface area contributed by atoms with E-state index in [1.165, 1.54) is 11.1 Å². The predicted octanol–water partition coefficient (Wildman–Crippen LogP) is 4.07. The van der Waals surface area contributed by atoms with Crippen molar-refractivity contribution >= 4 is 17.7 Å². The van der Waals surface area contributed by atoms with Crippen LogP contribution in [0.4, 0.5) is 0 Å². The van der Waals surface area contributed by atoms with Gasteiger partial charge in [-0.25, -0.2) is 0 Å². The van der Waals surface area contributed by atoms with Crippen LogP contribution in [0.5, 0.6) is 5.75 Å². The molecule has 0 radical (unpaired) electrons. The van der Waals surface area contributed by atoms with Gasteiger partial charge in [-0.05, 0) is 43.0 Å². The number of carbonyl (C=O) groups is 1. The Labute approximate surface area is 148 Å². The normalized spacial score (nSPS) is 11.8. The maximum atomic E-state index is 12.1. The van der Waals surface area contributed by atoms with Crippen molar-refractivity contribution in [3.8, 4) is 5.75 Å². The molecular formula is C20H25NO2S. The number of ether oxygens (including phenoxy) is 1. The number of hydrogen-bond donors (Lipinski definition) is 1. The summed E-state index contributed by atoms with van der Waals surface area (Å²) < 4.78 is 5.15. The van der Waals surface area contributed by atoms with E-state index in [-0.39, 0.29) is 11.2 Å². The number of amides is 1. The zero-order valence-corrected chi connectivity index (χ0v) is 15.1. The van der Waals surface area contributed by atoms with Crippen LogP contribution < -0.4 is 10.1 Å². The number of benzene rings is 2. The molecule has 1 unspecified atom stereocenters. The topological polar surface area (TPSA) is 38.3 Å². The number of thioether (sulfide) groups is 1. The lowest BCUT2D eigenvalue weighted by Gasteiger charge is -2.12. The lowest BCUT2D eigenvalue weighted by Crippen LogP contribution is -2.31. The Hall–Kier alpha value is -1.94. The molecule has 4 heteroatoms. The largest absolute Gasteiger partial charge is 0.497 e. The summed E-state index contributed by atoms with van der Waals surface area (Å²) in [5.74, 6) is 1.85. The zero-order chi connectivity index (χ0) is 17.2. The van der Waals surface area contributed by atoms with Gasteiger partial charge in [-0.3, -0.25) is 4.79 Å². The molecule has 0 aliphatic rings. The highest BCUT2D eigenvalue weighted by Gasteiger charge is 2.12. The number of carbonyl (C=O) groups excluding carboxylic acids is 1. The lowest BCUT2D eigenvalue weighted by molar-refractivity contribution is -0.120. The molecule has 0 aliphatic carbocycles. The van der Waals surface area contributed by atoms with Crippen molar-refractivity contribution in [2.24, 2.45) is 0 Å². The molecule has 0 aromatic heterocycles. The fourth-order valence-corrected chi connectivity index (χ4v) is 3.18. The van der Waals surface area contributed by atoms with E-state index in [1.807, 2.05) is 37.3 Å². The van der Waals surface area contributed by atoms with Gasteiger partial charge < -0.3 is 10.1 Å². The first-order valence-corrected chi connectivity index (χ1v) is 9.30. The smallest absolute Gasteiger partial charge is 0.232 e. The molecule has 3 nitrogen and oxygen atoms in total. The quantitative estimate of drug-likeness (QED) is 0.698. The highest BCUT2D eigenvalue weighted by atomic mass is 32.2. The zero-order valence-electron chi connectivity index (χ0n) is 14.3. The van der Waals surface area contributed by atoms with Gasteiger partial charge >= 0.3 is 0 Å². The molecule has 0 bridgehead atoms. The van der Waals surface area contributed by atoms with Crippen LogP contribution in [0.1, 0.15) is 24.5 Å². The van der Waals surface area contributed by atoms with Crippen molar-refractivity contribution in [3.63, 3.8) is 0 Å². The van der Waals surface area contributed by atoms with Crippen molar-refractivity contribution in [1.29, 1.82) is 0 Å². The summed E-state index contributed by atoms with van der Waals surface area (Å²) in [7, 11) is 1.67. The van der Waals surface area contributed by atoms with Crippen LogP contribution in [-0.2, 0) is 17.0 Å². The molecule has 0 heterocycles. The number of rotatable bonds is 9. The second-order valence-corrected chi connectivity index (χ2v) is 7.01. The van der Waals surface area contributed by atoms with E-state index in [0.29, 0.717) is 6.54 Å². The van der Waals surface area contributed by atoms with E-state index in [1.54, 1.807) is 18.9 Å². The third kappa shape index (κ3) is 6.28. The molecule has 2 aromatic carbocycles. The third-order valence-corrected chi connectivity index (χ3v) is 5.03. The summed E-state index contributed by atoms with van der Waals surface area (Å²) in [6, 6.07) is 18.3. The average Bonchev–Trinajstić information content (AvgIpc) is 2.64. The van der Waals surface area contributed by atoms with Crippen LogP contribution in [0.3, 0.4) is 0 Å². The summed E-state index contributed by atoms with van der Waals surface area (Å²) in [4.78, 5) is 12.1. The molecule has 1 atom stereocenters. The summed E-state index contributed by atoms with van der Waals surface area (Å²) in [6.07, 6.45) is 1.89. The van der Waals surface area contributed by atoms with E-state index in [0.717, 1.165) is 24.3 Å². The fraction of sp³-hybridized carbons (Fsp3) is 0.350. The standard InChI is InChI=1S/C20H25NO2S/c1-16(24-15-18-7-4-3-5-8-18)20(22)21-14-6-9-17-10-12-19(23-2)13-11-17/h3-5,7-8,10-13,16H,6,9,14-15H2,1-2H3,(H,21,22). The van der Waals surface area contributed by atoms with Crippen molar-refractivity contribution < 1.29 is 9.53 Å². The van der Waals surface area contributed by atoms with Crippen molar-refractivity contribution in [2.75, 3.05) is 13.7 Å². The summed E-state index contributed by atoms with van der Waals surface area (Å²) in [6.45, 7) is 2.67. The highest BCUT2D eigenvalue weighted by molar-refractivity contribution is 7.99. The Morgan fingerprint density at radius 2 is 1.79 bits per heavy atom. The molecule has 1 N–H and O–H groups in total. The summed E-state index contributed by atoms with van der Waals surface area (Å²) in [5, 5.41) is 2.99. The fourth-order valence-electron chi connectivity index (χ4n) is 2.31. The molecule has 24 heavy (non-hydrogen) atoms. The number of aryl methyl sites for hydroxylation is 1. The number of hydrogen-bond acceptors (Lipinski definition) is 3. The van der Waals surface area contributed by atoms with Crippen molar-refractivity contribution in [3.05, 3.63) is 65.7 Å². The first-order valence-electron chi connectivity index (χ1n) is 8.25. The minimum absolute atomic E-state index is 0.0359.